The standard InChI is InChI=1S/C20H32N2O5/c1-4-27-20(24)17-7-8-18(21-15(2)23)19(12-17)22-9-5-6-16(13-22)14-26-11-10-25-3/h12,14,18-19H,4-11,13H2,1-3H3,(H,21,23)/b16-14-/t18-,19-/m1/s1. The van der Waals surface area contributed by atoms with Gasteiger partial charge in [0.1, 0.15) is 6.61 Å². The summed E-state index contributed by atoms with van der Waals surface area (Å²) >= 11 is 0. The van der Waals surface area contributed by atoms with E-state index in [2.05, 4.69) is 10.2 Å². The molecule has 0 aromatic heterocycles. The highest BCUT2D eigenvalue weighted by Gasteiger charge is 2.33. The number of hydrogen-bond acceptors (Lipinski definition) is 6. The van der Waals surface area contributed by atoms with Crippen molar-refractivity contribution in [2.75, 3.05) is 40.0 Å². The number of esters is 1. The number of carbonyl (C=O) groups is 2. The quantitative estimate of drug-likeness (QED) is 0.393. The zero-order valence-electron chi connectivity index (χ0n) is 16.7. The van der Waals surface area contributed by atoms with Gasteiger partial charge in [0.2, 0.25) is 5.91 Å². The second-order valence-corrected chi connectivity index (χ2v) is 6.96. The van der Waals surface area contributed by atoms with Crippen molar-refractivity contribution < 1.29 is 23.8 Å². The number of methoxy groups -OCH3 is 1. The molecule has 152 valence electrons. The lowest BCUT2D eigenvalue weighted by molar-refractivity contribution is -0.138. The summed E-state index contributed by atoms with van der Waals surface area (Å²) in [5.74, 6) is -0.298. The van der Waals surface area contributed by atoms with Gasteiger partial charge in [0.15, 0.2) is 0 Å². The fourth-order valence-corrected chi connectivity index (χ4v) is 3.65. The molecular formula is C20H32N2O5. The molecule has 2 atom stereocenters. The van der Waals surface area contributed by atoms with Gasteiger partial charge in [-0.25, -0.2) is 4.79 Å². The first-order chi connectivity index (χ1) is 13.0. The minimum atomic E-state index is -0.251. The molecular weight excluding hydrogens is 348 g/mol. The van der Waals surface area contributed by atoms with Gasteiger partial charge in [-0.15, -0.1) is 0 Å². The Kier molecular flexibility index (Phi) is 8.81. The molecule has 0 aromatic carbocycles. The van der Waals surface area contributed by atoms with Gasteiger partial charge in [0, 0.05) is 38.2 Å². The summed E-state index contributed by atoms with van der Waals surface area (Å²) in [7, 11) is 1.65. The average molecular weight is 380 g/mol. The summed E-state index contributed by atoms with van der Waals surface area (Å²) in [6, 6.07) is -0.0285. The summed E-state index contributed by atoms with van der Waals surface area (Å²) in [5, 5.41) is 3.05. The lowest BCUT2D eigenvalue weighted by atomic mass is 9.88. The molecule has 0 radical (unpaired) electrons. The van der Waals surface area contributed by atoms with Crippen molar-refractivity contribution in [1.82, 2.24) is 10.2 Å². The van der Waals surface area contributed by atoms with E-state index in [1.54, 1.807) is 7.11 Å². The molecule has 0 unspecified atom stereocenters. The number of nitrogens with zero attached hydrogens (tertiary/aromatic N) is 1. The normalized spacial score (nSPS) is 25.0. The van der Waals surface area contributed by atoms with Crippen LogP contribution in [0.1, 0.15) is 39.5 Å². The molecule has 1 amide bonds. The van der Waals surface area contributed by atoms with Crippen LogP contribution in [0.4, 0.5) is 0 Å². The van der Waals surface area contributed by atoms with Crippen molar-refractivity contribution in [2.24, 2.45) is 0 Å². The molecule has 27 heavy (non-hydrogen) atoms. The molecule has 0 aromatic rings. The largest absolute Gasteiger partial charge is 0.499 e. The third-order valence-electron chi connectivity index (χ3n) is 4.86. The van der Waals surface area contributed by atoms with Crippen LogP contribution in [-0.2, 0) is 23.8 Å². The van der Waals surface area contributed by atoms with E-state index in [0.29, 0.717) is 31.8 Å². The monoisotopic (exact) mass is 380 g/mol. The molecule has 0 bridgehead atoms. The first kappa shape index (κ1) is 21.4. The molecule has 0 saturated carbocycles. The van der Waals surface area contributed by atoms with E-state index in [1.165, 1.54) is 12.5 Å². The summed E-state index contributed by atoms with van der Waals surface area (Å²) in [4.78, 5) is 26.1. The van der Waals surface area contributed by atoms with E-state index in [1.807, 2.05) is 19.3 Å². The van der Waals surface area contributed by atoms with E-state index >= 15 is 0 Å². The minimum Gasteiger partial charge on any atom is -0.499 e. The van der Waals surface area contributed by atoms with Crippen molar-refractivity contribution in [3.05, 3.63) is 23.5 Å². The molecule has 0 spiro atoms. The Morgan fingerprint density at radius 1 is 1.33 bits per heavy atom. The van der Waals surface area contributed by atoms with Gasteiger partial charge in [-0.3, -0.25) is 9.69 Å². The first-order valence-electron chi connectivity index (χ1n) is 9.72. The number of carbonyl (C=O) groups excluding carboxylic acids is 2. The van der Waals surface area contributed by atoms with Crippen LogP contribution in [-0.4, -0.2) is 68.9 Å². The van der Waals surface area contributed by atoms with Crippen LogP contribution in [0.3, 0.4) is 0 Å². The molecule has 1 N–H and O–H groups in total. The third-order valence-corrected chi connectivity index (χ3v) is 4.86. The number of amides is 1. The predicted octanol–water partition coefficient (Wildman–Crippen LogP) is 1.79. The highest BCUT2D eigenvalue weighted by molar-refractivity contribution is 5.88. The van der Waals surface area contributed by atoms with Crippen LogP contribution >= 0.6 is 0 Å². The fourth-order valence-electron chi connectivity index (χ4n) is 3.65. The van der Waals surface area contributed by atoms with Gasteiger partial charge in [-0.2, -0.15) is 0 Å². The van der Waals surface area contributed by atoms with Crippen molar-refractivity contribution in [3.63, 3.8) is 0 Å². The van der Waals surface area contributed by atoms with Crippen molar-refractivity contribution in [3.8, 4) is 0 Å². The summed E-state index contributed by atoms with van der Waals surface area (Å²) in [6.45, 7) is 6.49. The number of rotatable bonds is 8. The molecule has 1 heterocycles. The van der Waals surface area contributed by atoms with E-state index < -0.39 is 0 Å². The first-order valence-corrected chi connectivity index (χ1v) is 9.72. The van der Waals surface area contributed by atoms with Gasteiger partial charge < -0.3 is 19.5 Å². The molecule has 2 aliphatic rings. The van der Waals surface area contributed by atoms with Gasteiger partial charge in [-0.1, -0.05) is 6.08 Å². The average Bonchev–Trinajstić information content (AvgIpc) is 2.65. The number of nitrogens with one attached hydrogen (secondary N) is 1. The van der Waals surface area contributed by atoms with Gasteiger partial charge in [0.05, 0.1) is 19.5 Å². The van der Waals surface area contributed by atoms with Crippen molar-refractivity contribution in [1.29, 1.82) is 0 Å². The zero-order chi connectivity index (χ0) is 19.6. The Morgan fingerprint density at radius 3 is 2.85 bits per heavy atom. The summed E-state index contributed by atoms with van der Waals surface area (Å²) in [6.07, 6.45) is 7.18. The van der Waals surface area contributed by atoms with Crippen LogP contribution in [0, 0.1) is 0 Å². The molecule has 1 fully saturated rings. The highest BCUT2D eigenvalue weighted by atomic mass is 16.5. The topological polar surface area (TPSA) is 77.1 Å². The number of ether oxygens (including phenoxy) is 3. The fraction of sp³-hybridized carbons (Fsp3) is 0.700. The predicted molar refractivity (Wildman–Crippen MR) is 102 cm³/mol. The highest BCUT2D eigenvalue weighted by Crippen LogP contribution is 2.27. The van der Waals surface area contributed by atoms with E-state index in [4.69, 9.17) is 14.2 Å². The number of likely N-dealkylation sites (tertiary alicyclic amines) is 1. The van der Waals surface area contributed by atoms with Gasteiger partial charge in [0.25, 0.3) is 0 Å². The maximum absolute atomic E-state index is 12.2. The smallest absolute Gasteiger partial charge is 0.333 e. The van der Waals surface area contributed by atoms with E-state index in [-0.39, 0.29) is 24.0 Å². The summed E-state index contributed by atoms with van der Waals surface area (Å²) in [5.41, 5.74) is 1.92. The van der Waals surface area contributed by atoms with Crippen LogP contribution < -0.4 is 5.32 Å². The Bertz CT molecular complexity index is 573. The molecule has 7 nitrogen and oxygen atoms in total. The minimum absolute atomic E-state index is 0.00515. The third kappa shape index (κ3) is 6.66. The maximum Gasteiger partial charge on any atom is 0.333 e. The van der Waals surface area contributed by atoms with Crippen molar-refractivity contribution >= 4 is 11.9 Å². The van der Waals surface area contributed by atoms with Crippen LogP contribution in [0.15, 0.2) is 23.5 Å². The molecule has 1 saturated heterocycles. The van der Waals surface area contributed by atoms with Crippen LogP contribution in [0.2, 0.25) is 0 Å². The lowest BCUT2D eigenvalue weighted by Crippen LogP contribution is -2.53. The lowest BCUT2D eigenvalue weighted by Gasteiger charge is -2.40. The maximum atomic E-state index is 12.2. The molecule has 7 heteroatoms. The second-order valence-electron chi connectivity index (χ2n) is 6.96. The second kappa shape index (κ2) is 11.1. The van der Waals surface area contributed by atoms with Crippen molar-refractivity contribution in [2.45, 2.75) is 51.6 Å². The van der Waals surface area contributed by atoms with Crippen LogP contribution in [0.5, 0.6) is 0 Å². The van der Waals surface area contributed by atoms with E-state index in [9.17, 15) is 9.59 Å². The molecule has 2 rings (SSSR count). The summed E-state index contributed by atoms with van der Waals surface area (Å²) < 4.78 is 15.7. The number of hydrogen-bond donors (Lipinski definition) is 1. The molecule has 1 aliphatic heterocycles. The Morgan fingerprint density at radius 2 is 2.15 bits per heavy atom. The number of piperidine rings is 1. The molecule has 1 aliphatic carbocycles. The Balaban J connectivity index is 2.11. The van der Waals surface area contributed by atoms with E-state index in [0.717, 1.165) is 32.4 Å². The Hall–Kier alpha value is -1.86. The van der Waals surface area contributed by atoms with Gasteiger partial charge in [-0.05, 0) is 44.7 Å². The zero-order valence-corrected chi connectivity index (χ0v) is 16.7. The van der Waals surface area contributed by atoms with Crippen LogP contribution in [0.25, 0.3) is 0 Å². The van der Waals surface area contributed by atoms with Gasteiger partial charge >= 0.3 is 5.97 Å². The Labute approximate surface area is 161 Å². The SMILES string of the molecule is CCOC(=O)C1=C[C@@H](N2CCC/C(=C/OCCOC)C2)[C@H](NC(C)=O)CC1.